The van der Waals surface area contributed by atoms with Crippen LogP contribution in [0.4, 0.5) is 0 Å². The second-order valence-corrected chi connectivity index (χ2v) is 3.27. The summed E-state index contributed by atoms with van der Waals surface area (Å²) >= 11 is 0. The highest BCUT2D eigenvalue weighted by Crippen LogP contribution is 2.09. The van der Waals surface area contributed by atoms with Crippen LogP contribution in [-0.2, 0) is 4.79 Å². The highest BCUT2D eigenvalue weighted by Gasteiger charge is 1.95. The number of aliphatic carboxylic acids is 1. The van der Waals surface area contributed by atoms with Gasteiger partial charge in [-0.1, -0.05) is 35.2 Å². The summed E-state index contributed by atoms with van der Waals surface area (Å²) in [6, 6.07) is 7.24. The van der Waals surface area contributed by atoms with Gasteiger partial charge in [-0.05, 0) is 23.2 Å². The standard InChI is InChI=1S/C13H11N3O2/c14-16-15-10-4-3-7-11-5-1-2-6-12(11)8-9-13(17)18/h1-2,5-6,8-9H,4,10H2,(H,17,18)/b9-8+. The Morgan fingerprint density at radius 3 is 3.00 bits per heavy atom. The van der Waals surface area contributed by atoms with E-state index >= 15 is 0 Å². The van der Waals surface area contributed by atoms with Gasteiger partial charge in [-0.15, -0.1) is 0 Å². The molecular weight excluding hydrogens is 230 g/mol. The molecule has 0 saturated heterocycles. The predicted molar refractivity (Wildman–Crippen MR) is 68.6 cm³/mol. The average molecular weight is 241 g/mol. The Labute approximate surface area is 104 Å². The van der Waals surface area contributed by atoms with E-state index in [1.807, 2.05) is 18.2 Å². The van der Waals surface area contributed by atoms with E-state index in [1.54, 1.807) is 6.07 Å². The van der Waals surface area contributed by atoms with Crippen molar-refractivity contribution in [1.29, 1.82) is 0 Å². The van der Waals surface area contributed by atoms with Crippen molar-refractivity contribution in [3.63, 3.8) is 0 Å². The second-order valence-electron chi connectivity index (χ2n) is 3.27. The monoisotopic (exact) mass is 241 g/mol. The summed E-state index contributed by atoms with van der Waals surface area (Å²) in [5, 5.41) is 11.9. The van der Waals surface area contributed by atoms with Gasteiger partial charge in [0.2, 0.25) is 0 Å². The summed E-state index contributed by atoms with van der Waals surface area (Å²) in [6.45, 7) is 0.330. The van der Waals surface area contributed by atoms with Crippen LogP contribution in [0.1, 0.15) is 17.5 Å². The third kappa shape index (κ3) is 4.88. The molecule has 18 heavy (non-hydrogen) atoms. The van der Waals surface area contributed by atoms with Crippen LogP contribution < -0.4 is 0 Å². The van der Waals surface area contributed by atoms with Gasteiger partial charge in [0.15, 0.2) is 0 Å². The van der Waals surface area contributed by atoms with E-state index in [4.69, 9.17) is 10.6 Å². The van der Waals surface area contributed by atoms with Gasteiger partial charge in [0.1, 0.15) is 0 Å². The van der Waals surface area contributed by atoms with Crippen molar-refractivity contribution in [3.05, 3.63) is 51.9 Å². The molecule has 0 radical (unpaired) electrons. The van der Waals surface area contributed by atoms with Gasteiger partial charge in [0.05, 0.1) is 0 Å². The molecule has 0 aliphatic rings. The van der Waals surface area contributed by atoms with Crippen LogP contribution in [-0.4, -0.2) is 17.6 Å². The summed E-state index contributed by atoms with van der Waals surface area (Å²) in [5.41, 5.74) is 9.59. The molecule has 5 heteroatoms. The maximum absolute atomic E-state index is 10.4. The molecule has 0 unspecified atom stereocenters. The number of hydrogen-bond donors (Lipinski definition) is 1. The number of azide groups is 1. The number of rotatable bonds is 4. The van der Waals surface area contributed by atoms with Crippen LogP contribution in [0.5, 0.6) is 0 Å². The number of carboxylic acid groups (broad SMARTS) is 1. The van der Waals surface area contributed by atoms with E-state index in [-0.39, 0.29) is 0 Å². The van der Waals surface area contributed by atoms with E-state index in [0.717, 1.165) is 17.2 Å². The first kappa shape index (κ1) is 13.4. The van der Waals surface area contributed by atoms with E-state index in [9.17, 15) is 4.79 Å². The molecule has 90 valence electrons. The van der Waals surface area contributed by atoms with Crippen molar-refractivity contribution in [2.45, 2.75) is 6.42 Å². The van der Waals surface area contributed by atoms with E-state index in [2.05, 4.69) is 21.9 Å². The molecule has 0 aliphatic carbocycles. The largest absolute Gasteiger partial charge is 0.478 e. The van der Waals surface area contributed by atoms with E-state index in [0.29, 0.717) is 13.0 Å². The topological polar surface area (TPSA) is 86.1 Å². The molecule has 0 saturated carbocycles. The van der Waals surface area contributed by atoms with Crippen LogP contribution in [0, 0.1) is 11.8 Å². The molecular formula is C13H11N3O2. The normalized spacial score (nSPS) is 9.33. The van der Waals surface area contributed by atoms with Crippen LogP contribution in [0.2, 0.25) is 0 Å². The Morgan fingerprint density at radius 1 is 1.50 bits per heavy atom. The molecule has 1 aromatic carbocycles. The minimum Gasteiger partial charge on any atom is -0.478 e. The maximum Gasteiger partial charge on any atom is 0.328 e. The quantitative estimate of drug-likeness (QED) is 0.219. The number of hydrogen-bond acceptors (Lipinski definition) is 2. The lowest BCUT2D eigenvalue weighted by Gasteiger charge is -1.96. The van der Waals surface area contributed by atoms with E-state index in [1.165, 1.54) is 6.08 Å². The van der Waals surface area contributed by atoms with Gasteiger partial charge in [-0.25, -0.2) is 4.79 Å². The fraction of sp³-hybridized carbons (Fsp3) is 0.154. The SMILES string of the molecule is [N-]=[N+]=NCCC#Cc1ccccc1/C=C/C(=O)O. The Kier molecular flexibility index (Phi) is 5.61. The lowest BCUT2D eigenvalue weighted by Crippen LogP contribution is -1.87. The number of carbonyl (C=O) groups is 1. The molecule has 0 amide bonds. The van der Waals surface area contributed by atoms with Gasteiger partial charge in [0.25, 0.3) is 0 Å². The summed E-state index contributed by atoms with van der Waals surface area (Å²) < 4.78 is 0. The molecule has 1 rings (SSSR count). The first-order chi connectivity index (χ1) is 8.74. The van der Waals surface area contributed by atoms with Crippen molar-refractivity contribution in [2.75, 3.05) is 6.54 Å². The Bertz CT molecular complexity index is 561. The molecule has 0 heterocycles. The second kappa shape index (κ2) is 7.55. The Balaban J connectivity index is 2.81. The van der Waals surface area contributed by atoms with Crippen LogP contribution in [0.25, 0.3) is 16.5 Å². The number of nitrogens with zero attached hydrogens (tertiary/aromatic N) is 3. The van der Waals surface area contributed by atoms with Gasteiger partial charge in [-0.2, -0.15) is 0 Å². The maximum atomic E-state index is 10.4. The van der Waals surface area contributed by atoms with Crippen molar-refractivity contribution in [1.82, 2.24) is 0 Å². The summed E-state index contributed by atoms with van der Waals surface area (Å²) in [4.78, 5) is 13.1. The molecule has 1 aromatic rings. The summed E-state index contributed by atoms with van der Waals surface area (Å²) in [7, 11) is 0. The minimum atomic E-state index is -0.999. The van der Waals surface area contributed by atoms with Crippen LogP contribution in [0.3, 0.4) is 0 Å². The van der Waals surface area contributed by atoms with Crippen molar-refractivity contribution >= 4 is 12.0 Å². The Hall–Kier alpha value is -2.70. The number of carboxylic acids is 1. The smallest absolute Gasteiger partial charge is 0.328 e. The zero-order chi connectivity index (χ0) is 13.2. The Morgan fingerprint density at radius 2 is 2.28 bits per heavy atom. The molecule has 1 N–H and O–H groups in total. The first-order valence-electron chi connectivity index (χ1n) is 5.24. The third-order valence-electron chi connectivity index (χ3n) is 1.99. The zero-order valence-electron chi connectivity index (χ0n) is 9.58. The minimum absolute atomic E-state index is 0.330. The van der Waals surface area contributed by atoms with Crippen LogP contribution >= 0.6 is 0 Å². The lowest BCUT2D eigenvalue weighted by molar-refractivity contribution is -0.131. The van der Waals surface area contributed by atoms with Crippen molar-refractivity contribution < 1.29 is 9.90 Å². The number of benzene rings is 1. The molecule has 0 aliphatic heterocycles. The van der Waals surface area contributed by atoms with Gasteiger partial charge in [-0.3, -0.25) is 0 Å². The molecule has 0 atom stereocenters. The fourth-order valence-electron chi connectivity index (χ4n) is 1.23. The first-order valence-corrected chi connectivity index (χ1v) is 5.24. The third-order valence-corrected chi connectivity index (χ3v) is 1.99. The summed E-state index contributed by atoms with van der Waals surface area (Å²) in [6.07, 6.45) is 3.04. The predicted octanol–water partition coefficient (Wildman–Crippen LogP) is 2.84. The van der Waals surface area contributed by atoms with Gasteiger partial charge >= 0.3 is 5.97 Å². The van der Waals surface area contributed by atoms with Crippen molar-refractivity contribution in [2.24, 2.45) is 5.11 Å². The van der Waals surface area contributed by atoms with E-state index < -0.39 is 5.97 Å². The molecule has 0 aromatic heterocycles. The van der Waals surface area contributed by atoms with Gasteiger partial charge in [0, 0.05) is 29.5 Å². The lowest BCUT2D eigenvalue weighted by atomic mass is 10.1. The van der Waals surface area contributed by atoms with Crippen LogP contribution in [0.15, 0.2) is 35.5 Å². The molecule has 0 fully saturated rings. The highest BCUT2D eigenvalue weighted by molar-refractivity contribution is 5.85. The molecule has 0 spiro atoms. The highest BCUT2D eigenvalue weighted by atomic mass is 16.4. The molecule has 5 nitrogen and oxygen atoms in total. The van der Waals surface area contributed by atoms with Crippen molar-refractivity contribution in [3.8, 4) is 11.8 Å². The fourth-order valence-corrected chi connectivity index (χ4v) is 1.23. The molecule has 0 bridgehead atoms. The summed E-state index contributed by atoms with van der Waals surface area (Å²) in [5.74, 6) is 4.79. The van der Waals surface area contributed by atoms with Gasteiger partial charge < -0.3 is 5.11 Å². The zero-order valence-corrected chi connectivity index (χ0v) is 9.58. The average Bonchev–Trinajstić information content (AvgIpc) is 2.37.